The molecule has 2 aliphatic carbocycles. The van der Waals surface area contributed by atoms with Crippen molar-refractivity contribution in [1.82, 2.24) is 20.4 Å². The molecule has 0 N–H and O–H groups in total. The molecule has 0 aliphatic heterocycles. The van der Waals surface area contributed by atoms with Crippen LogP contribution in [0.2, 0.25) is 0 Å². The van der Waals surface area contributed by atoms with E-state index in [0.717, 1.165) is 22.3 Å². The zero-order valence-corrected chi connectivity index (χ0v) is 26.6. The molecule has 228 valence electrons. The molecule has 4 nitrogen and oxygen atoms in total. The fraction of sp³-hybridized carbons (Fsp3) is 0. The predicted octanol–water partition coefficient (Wildman–Crippen LogP) is 11.7. The van der Waals surface area contributed by atoms with Crippen molar-refractivity contribution in [3.63, 3.8) is 0 Å². The van der Waals surface area contributed by atoms with E-state index >= 15 is 0 Å². The Kier molecular flexibility index (Phi) is 4.94. The van der Waals surface area contributed by atoms with E-state index in [9.17, 15) is 0 Å². The molecular weight excluding hydrogens is 609 g/mol. The third kappa shape index (κ3) is 3.34. The van der Waals surface area contributed by atoms with Gasteiger partial charge in [-0.25, -0.2) is 0 Å². The molecule has 12 rings (SSSR count). The highest BCUT2D eigenvalue weighted by Gasteiger charge is 2.26. The molecule has 10 aromatic rings. The fourth-order valence-electron chi connectivity index (χ4n) is 8.98. The summed E-state index contributed by atoms with van der Waals surface area (Å²) in [6.45, 7) is 0. The molecule has 0 spiro atoms. The average Bonchev–Trinajstić information content (AvgIpc) is 3.67. The molecule has 0 saturated heterocycles. The van der Waals surface area contributed by atoms with E-state index in [0.29, 0.717) is 0 Å². The minimum atomic E-state index is 1.05. The predicted molar refractivity (Wildman–Crippen MR) is 205 cm³/mol. The van der Waals surface area contributed by atoms with Crippen molar-refractivity contribution in [3.05, 3.63) is 146 Å². The largest absolute Gasteiger partial charge is 0.159 e. The first-order chi connectivity index (χ1) is 24.8. The van der Waals surface area contributed by atoms with E-state index in [4.69, 9.17) is 0 Å². The van der Waals surface area contributed by atoms with E-state index in [2.05, 4.69) is 142 Å². The molecule has 0 unspecified atom stereocenters. The Morgan fingerprint density at radius 2 is 0.620 bits per heavy atom. The molecule has 8 aromatic carbocycles. The van der Waals surface area contributed by atoms with Crippen LogP contribution in [0.4, 0.5) is 0 Å². The number of benzene rings is 8. The van der Waals surface area contributed by atoms with Gasteiger partial charge in [-0.1, -0.05) is 72.8 Å². The number of hydrogen-bond donors (Lipinski definition) is 0. The molecular formula is C46H24N4. The number of rotatable bonds is 2. The lowest BCUT2D eigenvalue weighted by Gasteiger charge is -2.18. The van der Waals surface area contributed by atoms with Gasteiger partial charge in [-0.05, 0) is 158 Å². The molecule has 0 radical (unpaired) electrons. The molecule has 0 fully saturated rings. The van der Waals surface area contributed by atoms with Crippen LogP contribution in [0.5, 0.6) is 0 Å². The number of aromatic nitrogens is 4. The SMILES string of the molecule is c1cc2c3c(cccc3c1)-c1cc3c(cc1-2)c(-c1ccnnc1)cc1c2cc4c(cc2c(-c2ccnnc2)cc31)-c1cccc2cccc-4c12. The second kappa shape index (κ2) is 9.43. The maximum Gasteiger partial charge on any atom is 0.0574 e. The van der Waals surface area contributed by atoms with Crippen LogP contribution >= 0.6 is 0 Å². The lowest BCUT2D eigenvalue weighted by molar-refractivity contribution is 1.03. The monoisotopic (exact) mass is 632 g/mol. The van der Waals surface area contributed by atoms with Crippen molar-refractivity contribution >= 4 is 53.9 Å². The maximum atomic E-state index is 4.33. The third-order valence-corrected chi connectivity index (χ3v) is 11.1. The molecule has 4 heteroatoms. The first kappa shape index (κ1) is 26.2. The van der Waals surface area contributed by atoms with E-state index in [-0.39, 0.29) is 0 Å². The van der Waals surface area contributed by atoms with Gasteiger partial charge in [0, 0.05) is 11.1 Å². The van der Waals surface area contributed by atoms with Crippen LogP contribution in [0, 0.1) is 0 Å². The lowest BCUT2D eigenvalue weighted by atomic mass is 9.85. The lowest BCUT2D eigenvalue weighted by Crippen LogP contribution is -1.92. The first-order valence-corrected chi connectivity index (χ1v) is 16.9. The molecule has 0 amide bonds. The maximum absolute atomic E-state index is 4.33. The van der Waals surface area contributed by atoms with Crippen molar-refractivity contribution < 1.29 is 0 Å². The van der Waals surface area contributed by atoms with Gasteiger partial charge in [0.25, 0.3) is 0 Å². The van der Waals surface area contributed by atoms with Crippen molar-refractivity contribution in [2.24, 2.45) is 0 Å². The minimum Gasteiger partial charge on any atom is -0.159 e. The number of nitrogens with zero attached hydrogens (tertiary/aromatic N) is 4. The van der Waals surface area contributed by atoms with Gasteiger partial charge >= 0.3 is 0 Å². The Balaban J connectivity index is 1.28. The summed E-state index contributed by atoms with van der Waals surface area (Å²) in [4.78, 5) is 0. The zero-order chi connectivity index (χ0) is 32.5. The number of hydrogen-bond acceptors (Lipinski definition) is 4. The molecule has 2 aliphatic rings. The topological polar surface area (TPSA) is 51.6 Å². The van der Waals surface area contributed by atoms with Crippen molar-refractivity contribution in [1.29, 1.82) is 0 Å². The van der Waals surface area contributed by atoms with Crippen molar-refractivity contribution in [2.75, 3.05) is 0 Å². The van der Waals surface area contributed by atoms with E-state index in [1.165, 1.54) is 98.4 Å². The normalized spacial score (nSPS) is 12.4. The summed E-state index contributed by atoms with van der Waals surface area (Å²) in [6, 6.07) is 45.3. The van der Waals surface area contributed by atoms with Gasteiger partial charge in [-0.3, -0.25) is 0 Å². The first-order valence-electron chi connectivity index (χ1n) is 16.9. The second-order valence-corrected chi connectivity index (χ2v) is 13.5. The summed E-state index contributed by atoms with van der Waals surface area (Å²) in [7, 11) is 0. The minimum absolute atomic E-state index is 1.05. The van der Waals surface area contributed by atoms with Crippen LogP contribution in [0.1, 0.15) is 0 Å². The summed E-state index contributed by atoms with van der Waals surface area (Å²) in [6.07, 6.45) is 7.35. The zero-order valence-electron chi connectivity index (χ0n) is 26.6. The van der Waals surface area contributed by atoms with Gasteiger partial charge in [0.2, 0.25) is 0 Å². The van der Waals surface area contributed by atoms with Crippen molar-refractivity contribution in [2.45, 2.75) is 0 Å². The molecule has 0 atom stereocenters. The summed E-state index contributed by atoms with van der Waals surface area (Å²) in [5, 5.41) is 29.4. The van der Waals surface area contributed by atoms with Crippen LogP contribution < -0.4 is 0 Å². The van der Waals surface area contributed by atoms with Crippen molar-refractivity contribution in [3.8, 4) is 66.8 Å². The smallest absolute Gasteiger partial charge is 0.0574 e. The molecule has 50 heavy (non-hydrogen) atoms. The highest BCUT2D eigenvalue weighted by Crippen LogP contribution is 2.53. The fourth-order valence-corrected chi connectivity index (χ4v) is 8.98. The summed E-state index contributed by atoms with van der Waals surface area (Å²) >= 11 is 0. The van der Waals surface area contributed by atoms with Gasteiger partial charge < -0.3 is 0 Å². The van der Waals surface area contributed by atoms with Gasteiger partial charge in [-0.2, -0.15) is 20.4 Å². The Morgan fingerprint density at radius 1 is 0.280 bits per heavy atom. The Morgan fingerprint density at radius 3 is 0.980 bits per heavy atom. The summed E-state index contributed by atoms with van der Waals surface area (Å²) in [5.74, 6) is 0. The van der Waals surface area contributed by atoms with Crippen LogP contribution in [0.25, 0.3) is 121 Å². The Bertz CT molecular complexity index is 2910. The van der Waals surface area contributed by atoms with Gasteiger partial charge in [-0.15, -0.1) is 0 Å². The van der Waals surface area contributed by atoms with Crippen LogP contribution in [-0.4, -0.2) is 20.4 Å². The molecule has 2 aromatic heterocycles. The van der Waals surface area contributed by atoms with Crippen LogP contribution in [0.3, 0.4) is 0 Å². The quantitative estimate of drug-likeness (QED) is 0.178. The third-order valence-electron chi connectivity index (χ3n) is 11.1. The standard InChI is InChI=1S/C46H24N4/c1-5-25-7-3-11-31-37-21-43-39(19-35(37)29(9-1)45(25)31)33(27-13-15-47-49-23-27)17-42-41(43)18-34(28-14-16-48-50-24-28)40-20-36-30-10-2-6-26-8-4-12-32(46(26)30)38(36)22-44(40)42/h1-24H. The Hall–Kier alpha value is -6.78. The van der Waals surface area contributed by atoms with Gasteiger partial charge in [0.15, 0.2) is 0 Å². The van der Waals surface area contributed by atoms with Gasteiger partial charge in [0.1, 0.15) is 0 Å². The number of fused-ring (bicyclic) bond motifs is 11. The second-order valence-electron chi connectivity index (χ2n) is 13.5. The molecule has 2 heterocycles. The average molecular weight is 633 g/mol. The van der Waals surface area contributed by atoms with E-state index in [1.807, 2.05) is 12.4 Å². The van der Waals surface area contributed by atoms with E-state index in [1.54, 1.807) is 12.4 Å². The highest BCUT2D eigenvalue weighted by molar-refractivity contribution is 6.29. The van der Waals surface area contributed by atoms with Crippen LogP contribution in [0.15, 0.2) is 146 Å². The molecule has 0 bridgehead atoms. The molecule has 0 saturated carbocycles. The van der Waals surface area contributed by atoms with Crippen LogP contribution in [-0.2, 0) is 0 Å². The summed E-state index contributed by atoms with van der Waals surface area (Å²) < 4.78 is 0. The summed E-state index contributed by atoms with van der Waals surface area (Å²) in [5.41, 5.74) is 14.7. The Labute approximate surface area is 286 Å². The van der Waals surface area contributed by atoms with Gasteiger partial charge in [0.05, 0.1) is 24.8 Å². The van der Waals surface area contributed by atoms with E-state index < -0.39 is 0 Å². The highest BCUT2D eigenvalue weighted by atomic mass is 15.1.